The lowest BCUT2D eigenvalue weighted by Gasteiger charge is -2.54. The average Bonchev–Trinajstić information content (AvgIpc) is 3.07. The van der Waals surface area contributed by atoms with Crippen molar-refractivity contribution in [3.8, 4) is 0 Å². The first-order chi connectivity index (χ1) is 15.9. The highest BCUT2D eigenvalue weighted by atomic mass is 16.7. The molecule has 6 nitrogen and oxygen atoms in total. The van der Waals surface area contributed by atoms with Gasteiger partial charge < -0.3 is 24.1 Å². The van der Waals surface area contributed by atoms with Crippen LogP contribution in [0.3, 0.4) is 0 Å². The van der Waals surface area contributed by atoms with Gasteiger partial charge in [0.1, 0.15) is 5.41 Å². The number of unbranched alkanes of at least 4 members (excludes halogenated alkanes) is 2. The van der Waals surface area contributed by atoms with Gasteiger partial charge in [0.15, 0.2) is 0 Å². The normalized spacial score (nSPS) is 18.6. The van der Waals surface area contributed by atoms with E-state index < -0.39 is 23.0 Å². The molecule has 0 spiro atoms. The zero-order valence-electron chi connectivity index (χ0n) is 20.3. The maximum Gasteiger partial charge on any atom is 0.303 e. The molecule has 0 amide bonds. The Morgan fingerprint density at radius 2 is 1.27 bits per heavy atom. The summed E-state index contributed by atoms with van der Waals surface area (Å²) >= 11 is 0. The van der Waals surface area contributed by atoms with E-state index in [4.69, 9.17) is 24.1 Å². The summed E-state index contributed by atoms with van der Waals surface area (Å²) in [5.74, 6) is -3.11. The predicted octanol–water partition coefficient (Wildman–Crippen LogP) is 5.20. The second-order valence-corrected chi connectivity index (χ2v) is 8.66. The van der Waals surface area contributed by atoms with Gasteiger partial charge in [-0.25, -0.2) is 0 Å². The second kappa shape index (κ2) is 10.3. The summed E-state index contributed by atoms with van der Waals surface area (Å²) in [6.45, 7) is 2.18. The van der Waals surface area contributed by atoms with Gasteiger partial charge in [-0.15, -0.1) is 0 Å². The number of hydrogen-bond donors (Lipinski definition) is 1. The smallest absolute Gasteiger partial charge is 0.303 e. The van der Waals surface area contributed by atoms with Crippen LogP contribution in [0.25, 0.3) is 0 Å². The molecule has 0 fully saturated rings. The molecule has 0 bridgehead atoms. The maximum atomic E-state index is 10.9. The summed E-state index contributed by atoms with van der Waals surface area (Å²) in [4.78, 5) is 10.9. The van der Waals surface area contributed by atoms with Crippen molar-refractivity contribution in [3.05, 3.63) is 71.3 Å². The quantitative estimate of drug-likeness (QED) is 0.350. The molecule has 1 aliphatic carbocycles. The molecule has 1 atom stereocenters. The zero-order chi connectivity index (χ0) is 24.1. The second-order valence-electron chi connectivity index (χ2n) is 8.66. The molecular weight excluding hydrogens is 420 g/mol. The Labute approximate surface area is 196 Å². The van der Waals surface area contributed by atoms with Crippen molar-refractivity contribution < 1.29 is 28.8 Å². The van der Waals surface area contributed by atoms with Crippen LogP contribution in [0.2, 0.25) is 0 Å². The molecule has 0 saturated carbocycles. The van der Waals surface area contributed by atoms with Crippen LogP contribution in [-0.2, 0) is 40.7 Å². The summed E-state index contributed by atoms with van der Waals surface area (Å²) in [5, 5.41) is 8.98. The molecule has 1 unspecified atom stereocenters. The van der Waals surface area contributed by atoms with Crippen molar-refractivity contribution in [3.63, 3.8) is 0 Å². The van der Waals surface area contributed by atoms with Crippen molar-refractivity contribution in [1.82, 2.24) is 0 Å². The van der Waals surface area contributed by atoms with Crippen molar-refractivity contribution in [2.45, 2.75) is 56.0 Å². The molecular formula is C27H36O6. The van der Waals surface area contributed by atoms with Gasteiger partial charge in [0.05, 0.1) is 0 Å². The topological polar surface area (TPSA) is 74.2 Å². The molecule has 2 aromatic rings. The van der Waals surface area contributed by atoms with Gasteiger partial charge in [0.25, 0.3) is 0 Å². The first kappa shape index (κ1) is 25.4. The van der Waals surface area contributed by atoms with Crippen molar-refractivity contribution in [1.29, 1.82) is 0 Å². The number of aliphatic carboxylic acids is 1. The first-order valence-electron chi connectivity index (χ1n) is 11.5. The lowest BCUT2D eigenvalue weighted by Crippen LogP contribution is -2.63. The van der Waals surface area contributed by atoms with Crippen LogP contribution in [0.4, 0.5) is 0 Å². The number of carboxylic acids is 1. The van der Waals surface area contributed by atoms with Crippen molar-refractivity contribution >= 4 is 5.97 Å². The Morgan fingerprint density at radius 3 is 1.73 bits per heavy atom. The van der Waals surface area contributed by atoms with E-state index in [0.29, 0.717) is 6.42 Å². The van der Waals surface area contributed by atoms with E-state index in [1.807, 2.05) is 42.5 Å². The Balaban J connectivity index is 2.22. The third-order valence-electron chi connectivity index (χ3n) is 7.32. The molecule has 0 aromatic heterocycles. The van der Waals surface area contributed by atoms with Crippen LogP contribution >= 0.6 is 0 Å². The van der Waals surface area contributed by atoms with Gasteiger partial charge in [-0.1, -0.05) is 74.4 Å². The summed E-state index contributed by atoms with van der Waals surface area (Å²) in [7, 11) is 6.66. The summed E-state index contributed by atoms with van der Waals surface area (Å²) in [6, 6.07) is 18.1. The number of benzene rings is 2. The van der Waals surface area contributed by atoms with E-state index in [1.165, 1.54) is 0 Å². The number of fused-ring (bicyclic) bond motifs is 1. The Morgan fingerprint density at radius 1 is 0.788 bits per heavy atom. The minimum absolute atomic E-state index is 0.0167. The summed E-state index contributed by atoms with van der Waals surface area (Å²) in [5.41, 5.74) is 1.86. The molecule has 0 saturated heterocycles. The van der Waals surface area contributed by atoms with Crippen LogP contribution < -0.4 is 0 Å². The van der Waals surface area contributed by atoms with Crippen LogP contribution in [0, 0.1) is 5.92 Å². The lowest BCUT2D eigenvalue weighted by atomic mass is 9.60. The SMILES string of the molecule is COC1(OC)c2ccccc2C(OC)(OC)C1(c1ccccc1)C(C)CCCCCC(=O)O. The highest BCUT2D eigenvalue weighted by Crippen LogP contribution is 2.67. The molecule has 0 heterocycles. The number of methoxy groups -OCH3 is 4. The van der Waals surface area contributed by atoms with Gasteiger partial charge in [0.2, 0.25) is 11.6 Å². The van der Waals surface area contributed by atoms with Gasteiger partial charge in [-0.2, -0.15) is 0 Å². The van der Waals surface area contributed by atoms with E-state index in [0.717, 1.165) is 36.0 Å². The van der Waals surface area contributed by atoms with Crippen LogP contribution in [0.5, 0.6) is 0 Å². The fraction of sp³-hybridized carbons (Fsp3) is 0.519. The number of rotatable bonds is 12. The number of carboxylic acid groups (broad SMARTS) is 1. The monoisotopic (exact) mass is 456 g/mol. The van der Waals surface area contributed by atoms with Crippen LogP contribution in [-0.4, -0.2) is 39.5 Å². The Bertz CT molecular complexity index is 878. The minimum atomic E-state index is -1.17. The van der Waals surface area contributed by atoms with E-state index >= 15 is 0 Å². The fourth-order valence-electron chi connectivity index (χ4n) is 6.08. The van der Waals surface area contributed by atoms with E-state index in [2.05, 4.69) is 19.1 Å². The third kappa shape index (κ3) is 3.69. The van der Waals surface area contributed by atoms with Gasteiger partial charge in [-0.05, 0) is 24.3 Å². The number of carbonyl (C=O) groups is 1. The largest absolute Gasteiger partial charge is 0.481 e. The predicted molar refractivity (Wildman–Crippen MR) is 126 cm³/mol. The van der Waals surface area contributed by atoms with Gasteiger partial charge in [0, 0.05) is 46.0 Å². The highest BCUT2D eigenvalue weighted by molar-refractivity contribution is 5.66. The summed E-state index contributed by atoms with van der Waals surface area (Å²) in [6.07, 6.45) is 3.34. The van der Waals surface area contributed by atoms with Crippen molar-refractivity contribution in [2.24, 2.45) is 5.92 Å². The summed E-state index contributed by atoms with van der Waals surface area (Å²) < 4.78 is 25.3. The third-order valence-corrected chi connectivity index (χ3v) is 7.32. The van der Waals surface area contributed by atoms with E-state index in [9.17, 15) is 4.79 Å². The van der Waals surface area contributed by atoms with Gasteiger partial charge >= 0.3 is 5.97 Å². The zero-order valence-corrected chi connectivity index (χ0v) is 20.3. The fourth-order valence-corrected chi connectivity index (χ4v) is 6.08. The standard InChI is InChI=1S/C27H36O6/c1-20(14-8-6-11-19-24(28)29)25(21-15-9-7-10-16-21)26(30-2,31-3)22-17-12-13-18-23(22)27(25,32-4)33-5/h7,9-10,12-13,15-18,20H,6,8,11,14,19H2,1-5H3,(H,28,29). The molecule has 0 aliphatic heterocycles. The molecule has 1 aliphatic rings. The van der Waals surface area contributed by atoms with E-state index in [-0.39, 0.29) is 12.3 Å². The maximum absolute atomic E-state index is 10.9. The van der Waals surface area contributed by atoms with Crippen LogP contribution in [0.15, 0.2) is 54.6 Å². The molecule has 3 rings (SSSR count). The average molecular weight is 457 g/mol. The highest BCUT2D eigenvalue weighted by Gasteiger charge is 2.76. The molecule has 6 heteroatoms. The molecule has 0 radical (unpaired) electrons. The molecule has 180 valence electrons. The minimum Gasteiger partial charge on any atom is -0.481 e. The van der Waals surface area contributed by atoms with E-state index in [1.54, 1.807) is 28.4 Å². The van der Waals surface area contributed by atoms with Gasteiger partial charge in [-0.3, -0.25) is 4.79 Å². The lowest BCUT2D eigenvalue weighted by molar-refractivity contribution is -0.356. The Kier molecular flexibility index (Phi) is 7.96. The molecule has 2 aromatic carbocycles. The Hall–Kier alpha value is -2.25. The van der Waals surface area contributed by atoms with Crippen molar-refractivity contribution in [2.75, 3.05) is 28.4 Å². The molecule has 33 heavy (non-hydrogen) atoms. The number of ether oxygens (including phenoxy) is 4. The van der Waals surface area contributed by atoms with Crippen LogP contribution in [0.1, 0.15) is 55.7 Å². The molecule has 1 N–H and O–H groups in total. The number of hydrogen-bond acceptors (Lipinski definition) is 5. The first-order valence-corrected chi connectivity index (χ1v) is 11.5.